The van der Waals surface area contributed by atoms with Gasteiger partial charge in [-0.25, -0.2) is 0 Å². The van der Waals surface area contributed by atoms with Crippen molar-refractivity contribution in [1.82, 2.24) is 15.2 Å². The molecule has 0 aliphatic carbocycles. The third-order valence-corrected chi connectivity index (χ3v) is 1.83. The van der Waals surface area contributed by atoms with E-state index in [0.717, 1.165) is 18.7 Å². The summed E-state index contributed by atoms with van der Waals surface area (Å²) in [6.07, 6.45) is 1.88. The van der Waals surface area contributed by atoms with E-state index in [1.165, 1.54) is 0 Å². The lowest BCUT2D eigenvalue weighted by atomic mass is 10.1. The number of hydrogen-bond acceptors (Lipinski definition) is 4. The van der Waals surface area contributed by atoms with E-state index in [9.17, 15) is 0 Å². The molecule has 0 aliphatic heterocycles. The first-order valence-electron chi connectivity index (χ1n) is 4.09. The molecule has 5 nitrogen and oxygen atoms in total. The van der Waals surface area contributed by atoms with Crippen molar-refractivity contribution in [2.24, 2.45) is 11.7 Å². The van der Waals surface area contributed by atoms with Crippen molar-refractivity contribution in [2.45, 2.75) is 19.8 Å². The molecule has 0 saturated heterocycles. The summed E-state index contributed by atoms with van der Waals surface area (Å²) in [7, 11) is 0. The van der Waals surface area contributed by atoms with Gasteiger partial charge in [0.1, 0.15) is 5.82 Å². The summed E-state index contributed by atoms with van der Waals surface area (Å²) < 4.78 is 0. The number of rotatable bonds is 4. The van der Waals surface area contributed by atoms with Crippen molar-refractivity contribution in [2.75, 3.05) is 12.3 Å². The van der Waals surface area contributed by atoms with E-state index in [-0.39, 0.29) is 0 Å². The molecule has 0 amide bonds. The number of nitrogens with zero attached hydrogens (tertiary/aromatic N) is 2. The minimum atomic E-state index is 0.311. The fraction of sp³-hybridized carbons (Fsp3) is 0.714. The highest BCUT2D eigenvalue weighted by Gasteiger charge is 2.03. The van der Waals surface area contributed by atoms with Gasteiger partial charge in [0.25, 0.3) is 0 Å². The summed E-state index contributed by atoms with van der Waals surface area (Å²) >= 11 is 0. The lowest BCUT2D eigenvalue weighted by molar-refractivity contribution is 0.536. The van der Waals surface area contributed by atoms with E-state index in [4.69, 9.17) is 11.5 Å². The van der Waals surface area contributed by atoms with Crippen LogP contribution >= 0.6 is 0 Å². The molecule has 0 aromatic carbocycles. The molecule has 0 bridgehead atoms. The minimum Gasteiger partial charge on any atom is -0.367 e. The van der Waals surface area contributed by atoms with Crippen LogP contribution in [0.4, 0.5) is 5.95 Å². The molecule has 12 heavy (non-hydrogen) atoms. The number of H-pyrrole nitrogens is 1. The van der Waals surface area contributed by atoms with Gasteiger partial charge in [0.05, 0.1) is 0 Å². The first-order chi connectivity index (χ1) is 5.72. The molecule has 68 valence electrons. The van der Waals surface area contributed by atoms with Crippen LogP contribution in [-0.2, 0) is 6.42 Å². The Morgan fingerprint density at radius 1 is 1.58 bits per heavy atom. The smallest absolute Gasteiger partial charge is 0.239 e. The zero-order chi connectivity index (χ0) is 8.97. The van der Waals surface area contributed by atoms with Gasteiger partial charge in [-0.15, -0.1) is 5.10 Å². The van der Waals surface area contributed by atoms with E-state index in [1.54, 1.807) is 0 Å². The average molecular weight is 169 g/mol. The monoisotopic (exact) mass is 169 g/mol. The summed E-state index contributed by atoms with van der Waals surface area (Å²) in [6, 6.07) is 0. The third kappa shape index (κ3) is 2.50. The summed E-state index contributed by atoms with van der Waals surface area (Å²) in [4.78, 5) is 3.99. The summed E-state index contributed by atoms with van der Waals surface area (Å²) in [5.74, 6) is 1.68. The molecule has 1 heterocycles. The fourth-order valence-corrected chi connectivity index (χ4v) is 0.923. The minimum absolute atomic E-state index is 0.311. The van der Waals surface area contributed by atoms with Gasteiger partial charge in [0.2, 0.25) is 5.95 Å². The molecule has 0 fully saturated rings. The van der Waals surface area contributed by atoms with Crippen molar-refractivity contribution >= 4 is 5.95 Å². The maximum atomic E-state index is 5.47. The number of aryl methyl sites for hydroxylation is 1. The van der Waals surface area contributed by atoms with Crippen molar-refractivity contribution in [3.05, 3.63) is 5.82 Å². The second kappa shape index (κ2) is 4.06. The first kappa shape index (κ1) is 8.99. The Hall–Kier alpha value is -1.10. The Balaban J connectivity index is 2.33. The molecular formula is C7H15N5. The number of anilines is 1. The molecule has 1 aromatic heterocycles. The van der Waals surface area contributed by atoms with Crippen LogP contribution in [0.25, 0.3) is 0 Å². The zero-order valence-electron chi connectivity index (χ0n) is 7.25. The van der Waals surface area contributed by atoms with E-state index in [1.807, 2.05) is 0 Å². The number of hydrogen-bond donors (Lipinski definition) is 3. The molecule has 1 rings (SSSR count). The Labute approximate surface area is 71.6 Å². The van der Waals surface area contributed by atoms with Gasteiger partial charge in [0.15, 0.2) is 0 Å². The zero-order valence-corrected chi connectivity index (χ0v) is 7.25. The van der Waals surface area contributed by atoms with Crippen molar-refractivity contribution in [3.63, 3.8) is 0 Å². The van der Waals surface area contributed by atoms with E-state index >= 15 is 0 Å². The Morgan fingerprint density at radius 3 is 2.83 bits per heavy atom. The normalized spacial score (nSPS) is 13.2. The molecule has 1 unspecified atom stereocenters. The standard InChI is InChI=1S/C7H15N5/c1-5(4-8)2-3-6-10-7(9)12-11-6/h5H,2-4,8H2,1H3,(H3,9,10,11,12). The lowest BCUT2D eigenvalue weighted by Crippen LogP contribution is -2.11. The van der Waals surface area contributed by atoms with Crippen molar-refractivity contribution in [1.29, 1.82) is 0 Å². The lowest BCUT2D eigenvalue weighted by Gasteiger charge is -2.04. The summed E-state index contributed by atoms with van der Waals surface area (Å²) in [6.45, 7) is 2.82. The number of nitrogen functional groups attached to an aromatic ring is 1. The highest BCUT2D eigenvalue weighted by molar-refractivity contribution is 5.12. The molecule has 5 N–H and O–H groups in total. The SMILES string of the molecule is CC(CN)CCc1nc(N)n[nH]1. The molecule has 0 saturated carbocycles. The highest BCUT2D eigenvalue weighted by atomic mass is 15.3. The number of nitrogens with two attached hydrogens (primary N) is 2. The quantitative estimate of drug-likeness (QED) is 0.587. The van der Waals surface area contributed by atoms with Crippen LogP contribution in [0.5, 0.6) is 0 Å². The van der Waals surface area contributed by atoms with E-state index < -0.39 is 0 Å². The summed E-state index contributed by atoms with van der Waals surface area (Å²) in [5.41, 5.74) is 10.8. The largest absolute Gasteiger partial charge is 0.367 e. The molecule has 0 radical (unpaired) electrons. The van der Waals surface area contributed by atoms with E-state index in [2.05, 4.69) is 22.1 Å². The highest BCUT2D eigenvalue weighted by Crippen LogP contribution is 2.04. The van der Waals surface area contributed by atoms with Crippen molar-refractivity contribution < 1.29 is 0 Å². The topological polar surface area (TPSA) is 93.6 Å². The Bertz CT molecular complexity index is 231. The van der Waals surface area contributed by atoms with Crippen LogP contribution in [0.3, 0.4) is 0 Å². The summed E-state index contributed by atoms with van der Waals surface area (Å²) in [5, 5.41) is 6.49. The predicted molar refractivity (Wildman–Crippen MR) is 47.3 cm³/mol. The van der Waals surface area contributed by atoms with Crippen LogP contribution in [0.2, 0.25) is 0 Å². The number of aromatic amines is 1. The second-order valence-corrected chi connectivity index (χ2v) is 3.02. The van der Waals surface area contributed by atoms with Gasteiger partial charge in [0, 0.05) is 6.42 Å². The number of nitrogens with one attached hydrogen (secondary N) is 1. The van der Waals surface area contributed by atoms with Crippen molar-refractivity contribution in [3.8, 4) is 0 Å². The number of aromatic nitrogens is 3. The van der Waals surface area contributed by atoms with Crippen LogP contribution < -0.4 is 11.5 Å². The molecule has 0 spiro atoms. The molecular weight excluding hydrogens is 154 g/mol. The van der Waals surface area contributed by atoms with Gasteiger partial charge in [-0.05, 0) is 18.9 Å². The second-order valence-electron chi connectivity index (χ2n) is 3.02. The predicted octanol–water partition coefficient (Wildman–Crippen LogP) is -0.0857. The van der Waals surface area contributed by atoms with Crippen LogP contribution in [0, 0.1) is 5.92 Å². The van der Waals surface area contributed by atoms with Crippen LogP contribution in [0.15, 0.2) is 0 Å². The molecule has 0 aliphatic rings. The van der Waals surface area contributed by atoms with Gasteiger partial charge in [-0.3, -0.25) is 5.10 Å². The van der Waals surface area contributed by atoms with Gasteiger partial charge in [-0.1, -0.05) is 6.92 Å². The first-order valence-corrected chi connectivity index (χ1v) is 4.09. The average Bonchev–Trinajstić information content (AvgIpc) is 2.47. The van der Waals surface area contributed by atoms with Gasteiger partial charge in [-0.2, -0.15) is 4.98 Å². The Morgan fingerprint density at radius 2 is 2.33 bits per heavy atom. The molecule has 1 aromatic rings. The van der Waals surface area contributed by atoms with Gasteiger partial charge >= 0.3 is 0 Å². The van der Waals surface area contributed by atoms with Crippen LogP contribution in [-0.4, -0.2) is 21.7 Å². The van der Waals surface area contributed by atoms with Crippen LogP contribution in [0.1, 0.15) is 19.2 Å². The molecule has 1 atom stereocenters. The van der Waals surface area contributed by atoms with E-state index in [0.29, 0.717) is 18.4 Å². The molecule has 5 heteroatoms. The maximum absolute atomic E-state index is 5.47. The third-order valence-electron chi connectivity index (χ3n) is 1.83. The fourth-order valence-electron chi connectivity index (χ4n) is 0.923. The van der Waals surface area contributed by atoms with Gasteiger partial charge < -0.3 is 11.5 Å². The Kier molecular flexibility index (Phi) is 3.04. The maximum Gasteiger partial charge on any atom is 0.239 e.